The summed E-state index contributed by atoms with van der Waals surface area (Å²) >= 11 is 3.72. The first-order valence-electron chi connectivity index (χ1n) is 21.9. The number of carbonyl (C=O) groups is 3. The Hall–Kier alpha value is -3.95. The number of aliphatic hydroxyl groups is 2. The Bertz CT molecular complexity index is 2260. The first kappa shape index (κ1) is 46.1. The number of esters is 3. The number of aromatic nitrogens is 1. The van der Waals surface area contributed by atoms with Gasteiger partial charge in [0.25, 0.3) is 0 Å². The van der Waals surface area contributed by atoms with Crippen molar-refractivity contribution in [3.05, 3.63) is 69.3 Å². The maximum atomic E-state index is 15.4. The number of rotatable bonds is 11. The summed E-state index contributed by atoms with van der Waals surface area (Å²) in [6.45, 7) is 12.1. The van der Waals surface area contributed by atoms with Crippen LogP contribution in [0.25, 0.3) is 10.9 Å². The van der Waals surface area contributed by atoms with Gasteiger partial charge in [-0.3, -0.25) is 19.4 Å². The maximum Gasteiger partial charge on any atom is 0.341 e. The molecule has 14 heteroatoms. The smallest absolute Gasteiger partial charge is 0.341 e. The molecule has 4 aliphatic rings. The average molecular weight is 922 g/mol. The van der Waals surface area contributed by atoms with Gasteiger partial charge in [0.15, 0.2) is 11.7 Å². The minimum atomic E-state index is -2.20. The Labute approximate surface area is 374 Å². The van der Waals surface area contributed by atoms with Crippen molar-refractivity contribution in [1.82, 2.24) is 14.8 Å². The van der Waals surface area contributed by atoms with Gasteiger partial charge >= 0.3 is 17.9 Å². The number of benzene rings is 2. The van der Waals surface area contributed by atoms with E-state index < -0.39 is 57.5 Å². The first-order chi connectivity index (χ1) is 29.3. The number of hydrogen-bond donors (Lipinski definition) is 3. The van der Waals surface area contributed by atoms with Crippen molar-refractivity contribution >= 4 is 50.4 Å². The highest BCUT2D eigenvalue weighted by molar-refractivity contribution is 9.10. The molecule has 0 aliphatic carbocycles. The van der Waals surface area contributed by atoms with Crippen LogP contribution in [0, 0.1) is 11.3 Å². The van der Waals surface area contributed by atoms with Crippen LogP contribution < -0.4 is 9.64 Å². The van der Waals surface area contributed by atoms with E-state index in [0.29, 0.717) is 82.6 Å². The molecule has 4 aliphatic heterocycles. The van der Waals surface area contributed by atoms with E-state index in [1.807, 2.05) is 58.3 Å². The van der Waals surface area contributed by atoms with E-state index in [0.717, 1.165) is 37.9 Å². The van der Waals surface area contributed by atoms with Gasteiger partial charge in [0.1, 0.15) is 11.2 Å². The van der Waals surface area contributed by atoms with E-state index in [9.17, 15) is 19.8 Å². The number of aromatic amines is 1. The van der Waals surface area contributed by atoms with Gasteiger partial charge in [-0.2, -0.15) is 0 Å². The molecular weight excluding hydrogens is 856 g/mol. The highest BCUT2D eigenvalue weighted by Crippen LogP contribution is 2.58. The third-order valence-electron chi connectivity index (χ3n) is 15.0. The molecule has 0 saturated carbocycles. The number of fused-ring (bicyclic) bond motifs is 6. The van der Waals surface area contributed by atoms with Gasteiger partial charge in [0.2, 0.25) is 0 Å². The predicted molar refractivity (Wildman–Crippen MR) is 242 cm³/mol. The molecule has 9 atom stereocenters. The molecule has 1 aromatic heterocycles. The second-order valence-corrected chi connectivity index (χ2v) is 19.8. The zero-order valence-electron chi connectivity index (χ0n) is 38.0. The number of H-pyrrole nitrogens is 1. The SMILES string of the molecule is CC[C@]1(O)C[C@@H]2CN(CCc3c([nH]c4ccc(Br)cc34)[C@@](C(=O)OC)(c3cc([C@]4(C)CCN5CC=C[C@@](CC)([C@@H](OC(C)=O)C(C)(O)C(=O)OC)C54)c(N(C)C)cc3OC)C2)C1. The van der Waals surface area contributed by atoms with Gasteiger partial charge in [0, 0.05) is 102 Å². The van der Waals surface area contributed by atoms with Crippen molar-refractivity contribution in [2.24, 2.45) is 11.3 Å². The minimum Gasteiger partial charge on any atom is -0.496 e. The third-order valence-corrected chi connectivity index (χ3v) is 15.5. The van der Waals surface area contributed by atoms with E-state index in [-0.39, 0.29) is 5.92 Å². The number of nitrogens with one attached hydrogen (secondary N) is 1. The van der Waals surface area contributed by atoms with Gasteiger partial charge < -0.3 is 39.0 Å². The molecule has 3 aromatic rings. The monoisotopic (exact) mass is 920 g/mol. The standard InChI is InChI=1S/C48H65BrN4O9/c1-11-46(58)25-30-26-48(43(56)61-10,39-32(16-20-52(27-30)28-46)33-22-31(49)14-15-36(33)50-39)35-23-34(37(51(6)7)24-38(35)59-8)44(4)18-21-53-19-13-17-47(12-2,40(44)53)41(62-29(3)54)45(5,57)42(55)60-9/h13-15,17,22-24,30,40-41,50,57-58H,11-12,16,18-21,25-28H2,1-10H3/t30-,40?,41-,44-,45?,46-,47+,48-/m0/s1. The quantitative estimate of drug-likeness (QED) is 0.117. The summed E-state index contributed by atoms with van der Waals surface area (Å²) in [7, 11) is 8.25. The number of carbonyl (C=O) groups excluding carboxylic acids is 3. The van der Waals surface area contributed by atoms with Crippen molar-refractivity contribution in [2.75, 3.05) is 73.0 Å². The molecule has 0 radical (unpaired) electrons. The molecule has 3 unspecified atom stereocenters. The molecule has 5 heterocycles. The van der Waals surface area contributed by atoms with Gasteiger partial charge in [-0.15, -0.1) is 0 Å². The first-order valence-corrected chi connectivity index (χ1v) is 22.7. The summed E-state index contributed by atoms with van der Waals surface area (Å²) in [4.78, 5) is 52.4. The Morgan fingerprint density at radius 2 is 1.79 bits per heavy atom. The lowest BCUT2D eigenvalue weighted by molar-refractivity contribution is -0.200. The molecule has 3 N–H and O–H groups in total. The number of anilines is 1. The van der Waals surface area contributed by atoms with E-state index >= 15 is 4.79 Å². The van der Waals surface area contributed by atoms with Gasteiger partial charge in [-0.1, -0.05) is 48.9 Å². The van der Waals surface area contributed by atoms with Crippen LogP contribution in [0.5, 0.6) is 5.75 Å². The highest BCUT2D eigenvalue weighted by atomic mass is 79.9. The number of piperidine rings is 1. The zero-order chi connectivity index (χ0) is 45.2. The van der Waals surface area contributed by atoms with Crippen LogP contribution in [0.4, 0.5) is 5.69 Å². The highest BCUT2D eigenvalue weighted by Gasteiger charge is 2.65. The fourth-order valence-electron chi connectivity index (χ4n) is 12.2. The predicted octanol–water partition coefficient (Wildman–Crippen LogP) is 6.03. The molecule has 7 rings (SSSR count). The molecule has 0 amide bonds. The van der Waals surface area contributed by atoms with Crippen molar-refractivity contribution in [3.8, 4) is 5.75 Å². The van der Waals surface area contributed by atoms with Gasteiger partial charge in [-0.05, 0) is 93.3 Å². The molecule has 2 bridgehead atoms. The molecule has 338 valence electrons. The van der Waals surface area contributed by atoms with Crippen molar-refractivity contribution in [3.63, 3.8) is 0 Å². The molecule has 62 heavy (non-hydrogen) atoms. The van der Waals surface area contributed by atoms with Crippen LogP contribution in [0.2, 0.25) is 0 Å². The summed E-state index contributed by atoms with van der Waals surface area (Å²) in [5, 5.41) is 25.1. The van der Waals surface area contributed by atoms with Crippen LogP contribution in [0.15, 0.2) is 47.0 Å². The Morgan fingerprint density at radius 1 is 1.05 bits per heavy atom. The lowest BCUT2D eigenvalue weighted by Crippen LogP contribution is -2.66. The zero-order valence-corrected chi connectivity index (χ0v) is 39.6. The Morgan fingerprint density at radius 3 is 2.42 bits per heavy atom. The minimum absolute atomic E-state index is 0.0996. The van der Waals surface area contributed by atoms with Crippen molar-refractivity contribution in [2.45, 2.75) is 107 Å². The summed E-state index contributed by atoms with van der Waals surface area (Å²) < 4.78 is 24.5. The summed E-state index contributed by atoms with van der Waals surface area (Å²) in [5.74, 6) is -1.55. The molecule has 13 nitrogen and oxygen atoms in total. The summed E-state index contributed by atoms with van der Waals surface area (Å²) in [5.41, 5.74) is -1.28. The number of halogens is 1. The maximum absolute atomic E-state index is 15.4. The van der Waals surface area contributed by atoms with Gasteiger partial charge in [0.05, 0.1) is 26.9 Å². The fraction of sp³-hybridized carbons (Fsp3) is 0.604. The third kappa shape index (κ3) is 7.35. The lowest BCUT2D eigenvalue weighted by atomic mass is 9.57. The molecule has 2 saturated heterocycles. The second-order valence-electron chi connectivity index (χ2n) is 18.9. The number of methoxy groups -OCH3 is 3. The number of nitrogens with zero attached hydrogens (tertiary/aromatic N) is 3. The van der Waals surface area contributed by atoms with Crippen LogP contribution in [-0.2, 0) is 45.8 Å². The molecule has 2 aromatic carbocycles. The van der Waals surface area contributed by atoms with Gasteiger partial charge in [-0.25, -0.2) is 4.79 Å². The molecule has 0 spiro atoms. The van der Waals surface area contributed by atoms with E-state index in [1.54, 1.807) is 7.11 Å². The van der Waals surface area contributed by atoms with E-state index in [1.165, 1.54) is 28.1 Å². The second kappa shape index (κ2) is 16.9. The Balaban J connectivity index is 1.55. The Kier molecular flexibility index (Phi) is 12.5. The normalized spacial score (nSPS) is 31.1. The topological polar surface area (TPSA) is 154 Å². The summed E-state index contributed by atoms with van der Waals surface area (Å²) in [6, 6.07) is 9.88. The van der Waals surface area contributed by atoms with Crippen molar-refractivity contribution < 1.29 is 43.5 Å². The fourth-order valence-corrected chi connectivity index (χ4v) is 12.6. The van der Waals surface area contributed by atoms with Crippen LogP contribution in [0.3, 0.4) is 0 Å². The van der Waals surface area contributed by atoms with E-state index in [4.69, 9.17) is 18.9 Å². The van der Waals surface area contributed by atoms with Crippen molar-refractivity contribution in [1.29, 1.82) is 0 Å². The largest absolute Gasteiger partial charge is 0.496 e. The van der Waals surface area contributed by atoms with E-state index in [2.05, 4.69) is 54.7 Å². The lowest BCUT2D eigenvalue weighted by Gasteiger charge is -2.55. The molecule has 2 fully saturated rings. The van der Waals surface area contributed by atoms with Crippen LogP contribution >= 0.6 is 15.9 Å². The number of hydrogen-bond acceptors (Lipinski definition) is 12. The number of ether oxygens (including phenoxy) is 4. The molecular formula is C48H65BrN4O9. The van der Waals surface area contributed by atoms with Crippen LogP contribution in [0.1, 0.15) is 89.1 Å². The summed E-state index contributed by atoms with van der Waals surface area (Å²) in [6.07, 6.45) is 5.87. The van der Waals surface area contributed by atoms with Crippen LogP contribution in [-0.4, -0.2) is 134 Å². The average Bonchev–Trinajstić information content (AvgIpc) is 3.81.